The number of benzene rings is 2. The van der Waals surface area contributed by atoms with Crippen LogP contribution < -0.4 is 10.9 Å². The molecular formula is C25H22N4O2S. The van der Waals surface area contributed by atoms with Gasteiger partial charge in [0.05, 0.1) is 11.7 Å². The van der Waals surface area contributed by atoms with Crippen LogP contribution in [0.3, 0.4) is 0 Å². The molecule has 0 saturated carbocycles. The van der Waals surface area contributed by atoms with E-state index in [2.05, 4.69) is 39.6 Å². The lowest BCUT2D eigenvalue weighted by molar-refractivity contribution is -0.121. The van der Waals surface area contributed by atoms with Gasteiger partial charge >= 0.3 is 0 Å². The topological polar surface area (TPSA) is 79.8 Å². The van der Waals surface area contributed by atoms with E-state index in [1.807, 2.05) is 41.9 Å². The van der Waals surface area contributed by atoms with Crippen molar-refractivity contribution in [2.24, 2.45) is 0 Å². The van der Waals surface area contributed by atoms with Crippen molar-refractivity contribution in [1.82, 2.24) is 19.9 Å². The fourth-order valence-electron chi connectivity index (χ4n) is 4.05. The van der Waals surface area contributed by atoms with Crippen molar-refractivity contribution in [3.63, 3.8) is 0 Å². The Morgan fingerprint density at radius 1 is 1.06 bits per heavy atom. The molecule has 7 heteroatoms. The highest BCUT2D eigenvalue weighted by Gasteiger charge is 2.19. The number of carbonyl (C=O) groups excluding carboxylic acids is 1. The predicted molar refractivity (Wildman–Crippen MR) is 128 cm³/mol. The number of amides is 1. The van der Waals surface area contributed by atoms with Gasteiger partial charge in [0.2, 0.25) is 5.91 Å². The third kappa shape index (κ3) is 3.94. The Kier molecular flexibility index (Phi) is 5.56. The number of H-pyrrole nitrogens is 1. The first kappa shape index (κ1) is 20.2. The van der Waals surface area contributed by atoms with E-state index in [0.29, 0.717) is 18.5 Å². The fourth-order valence-corrected chi connectivity index (χ4v) is 4.78. The van der Waals surface area contributed by atoms with Crippen molar-refractivity contribution in [3.05, 3.63) is 100 Å². The summed E-state index contributed by atoms with van der Waals surface area (Å²) in [6, 6.07) is 20.1. The molecule has 0 radical (unpaired) electrons. The van der Waals surface area contributed by atoms with Crippen molar-refractivity contribution in [1.29, 1.82) is 0 Å². The van der Waals surface area contributed by atoms with Crippen LogP contribution >= 0.6 is 11.3 Å². The summed E-state index contributed by atoms with van der Waals surface area (Å²) < 4.78 is 1.50. The Morgan fingerprint density at radius 3 is 2.75 bits per heavy atom. The largest absolute Gasteiger partial charge is 0.361 e. The van der Waals surface area contributed by atoms with E-state index in [1.165, 1.54) is 22.2 Å². The maximum atomic E-state index is 12.7. The summed E-state index contributed by atoms with van der Waals surface area (Å²) in [6.07, 6.45) is 3.76. The van der Waals surface area contributed by atoms with Crippen LogP contribution in [0, 0.1) is 0 Å². The molecule has 0 aliphatic heterocycles. The minimum Gasteiger partial charge on any atom is -0.361 e. The molecule has 2 aromatic carbocycles. The molecule has 0 bridgehead atoms. The first-order valence-corrected chi connectivity index (χ1v) is 11.4. The lowest BCUT2D eigenvalue weighted by atomic mass is 9.91. The molecule has 160 valence electrons. The van der Waals surface area contributed by atoms with E-state index in [0.717, 1.165) is 26.9 Å². The number of nitrogens with zero attached hydrogens (tertiary/aromatic N) is 2. The quantitative estimate of drug-likeness (QED) is 0.395. The van der Waals surface area contributed by atoms with Crippen molar-refractivity contribution in [3.8, 4) is 0 Å². The molecule has 2 N–H and O–H groups in total. The molecule has 0 unspecified atom stereocenters. The molecule has 0 spiro atoms. The van der Waals surface area contributed by atoms with Gasteiger partial charge in [-0.05, 0) is 28.6 Å². The highest BCUT2D eigenvalue weighted by molar-refractivity contribution is 7.16. The number of hydrogen-bond donors (Lipinski definition) is 2. The molecule has 0 aliphatic rings. The lowest BCUT2D eigenvalue weighted by Gasteiger charge is -2.18. The summed E-state index contributed by atoms with van der Waals surface area (Å²) >= 11 is 1.44. The monoisotopic (exact) mass is 442 g/mol. The molecule has 1 atom stereocenters. The third-order valence-electron chi connectivity index (χ3n) is 5.73. The Hall–Kier alpha value is -3.71. The van der Waals surface area contributed by atoms with Gasteiger partial charge in [-0.3, -0.25) is 14.2 Å². The average Bonchev–Trinajstić information content (AvgIpc) is 3.48. The van der Waals surface area contributed by atoms with Gasteiger partial charge in [-0.2, -0.15) is 0 Å². The first-order valence-electron chi connectivity index (χ1n) is 10.5. The number of aromatic amines is 1. The van der Waals surface area contributed by atoms with Gasteiger partial charge < -0.3 is 10.3 Å². The normalized spacial score (nSPS) is 12.2. The molecule has 5 aromatic rings. The van der Waals surface area contributed by atoms with Gasteiger partial charge in [0.1, 0.15) is 4.83 Å². The molecule has 1 amide bonds. The number of rotatable bonds is 7. The molecule has 32 heavy (non-hydrogen) atoms. The number of thiophene rings is 1. The van der Waals surface area contributed by atoms with Crippen molar-refractivity contribution in [2.45, 2.75) is 18.9 Å². The molecule has 5 rings (SSSR count). The standard InChI is InChI=1S/C25H22N4O2S/c30-23(10-12-29-16-28-24-19(25(29)31)11-13-32-24)27-14-20(17-6-2-1-3-7-17)21-15-26-22-9-5-4-8-18(21)22/h1-9,11,13,15-16,20,26H,10,12,14H2,(H,27,30)/t20-/m0/s1. The first-order chi connectivity index (χ1) is 15.7. The van der Waals surface area contributed by atoms with Gasteiger partial charge in [-0.1, -0.05) is 48.5 Å². The Morgan fingerprint density at radius 2 is 1.88 bits per heavy atom. The second kappa shape index (κ2) is 8.80. The molecule has 0 aliphatic carbocycles. The van der Waals surface area contributed by atoms with Gasteiger partial charge in [-0.25, -0.2) is 4.98 Å². The van der Waals surface area contributed by atoms with E-state index >= 15 is 0 Å². The van der Waals surface area contributed by atoms with Gasteiger partial charge in [0.15, 0.2) is 0 Å². The second-order valence-electron chi connectivity index (χ2n) is 7.69. The molecule has 0 saturated heterocycles. The summed E-state index contributed by atoms with van der Waals surface area (Å²) in [5, 5.41) is 6.67. The summed E-state index contributed by atoms with van der Waals surface area (Å²) in [6.45, 7) is 0.772. The summed E-state index contributed by atoms with van der Waals surface area (Å²) in [4.78, 5) is 33.5. The second-order valence-corrected chi connectivity index (χ2v) is 8.58. The molecule has 3 aromatic heterocycles. The number of nitrogens with one attached hydrogen (secondary N) is 2. The van der Waals surface area contributed by atoms with E-state index in [-0.39, 0.29) is 23.8 Å². The van der Waals surface area contributed by atoms with Crippen LogP contribution in [0.25, 0.3) is 21.1 Å². The van der Waals surface area contributed by atoms with Crippen molar-refractivity contribution < 1.29 is 4.79 Å². The minimum atomic E-state index is -0.106. The van der Waals surface area contributed by atoms with Gasteiger partial charge in [-0.15, -0.1) is 11.3 Å². The van der Waals surface area contributed by atoms with Crippen LogP contribution in [0.4, 0.5) is 0 Å². The molecule has 6 nitrogen and oxygen atoms in total. The van der Waals surface area contributed by atoms with E-state index in [9.17, 15) is 9.59 Å². The Bertz CT molecular complexity index is 1430. The van der Waals surface area contributed by atoms with Crippen molar-refractivity contribution >= 4 is 38.4 Å². The van der Waals surface area contributed by atoms with Crippen LogP contribution in [0.1, 0.15) is 23.5 Å². The Balaban J connectivity index is 1.31. The predicted octanol–water partition coefficient (Wildman–Crippen LogP) is 4.28. The maximum Gasteiger partial charge on any atom is 0.262 e. The number of aromatic nitrogens is 3. The summed E-state index contributed by atoms with van der Waals surface area (Å²) in [5.41, 5.74) is 3.26. The zero-order chi connectivity index (χ0) is 21.9. The summed E-state index contributed by atoms with van der Waals surface area (Å²) in [5.74, 6) is -0.0778. The van der Waals surface area contributed by atoms with E-state index < -0.39 is 0 Å². The molecular weight excluding hydrogens is 420 g/mol. The van der Waals surface area contributed by atoms with Gasteiger partial charge in [0, 0.05) is 42.5 Å². The van der Waals surface area contributed by atoms with E-state index in [1.54, 1.807) is 6.07 Å². The van der Waals surface area contributed by atoms with Crippen molar-refractivity contribution in [2.75, 3.05) is 6.54 Å². The number of hydrogen-bond acceptors (Lipinski definition) is 4. The summed E-state index contributed by atoms with van der Waals surface area (Å²) in [7, 11) is 0. The number of para-hydroxylation sites is 1. The van der Waals surface area contributed by atoms with Crippen LogP contribution in [0.15, 0.2) is 83.4 Å². The van der Waals surface area contributed by atoms with Crippen LogP contribution in [0.2, 0.25) is 0 Å². The lowest BCUT2D eigenvalue weighted by Crippen LogP contribution is -2.31. The smallest absolute Gasteiger partial charge is 0.262 e. The number of carbonyl (C=O) groups is 1. The third-order valence-corrected chi connectivity index (χ3v) is 6.55. The van der Waals surface area contributed by atoms with Crippen LogP contribution in [0.5, 0.6) is 0 Å². The molecule has 3 heterocycles. The molecule has 0 fully saturated rings. The van der Waals surface area contributed by atoms with E-state index in [4.69, 9.17) is 0 Å². The number of fused-ring (bicyclic) bond motifs is 2. The van der Waals surface area contributed by atoms with Crippen LogP contribution in [-0.2, 0) is 11.3 Å². The SMILES string of the molecule is O=C(CCn1cnc2sccc2c1=O)NC[C@@H](c1ccccc1)c1c[nH]c2ccccc12. The zero-order valence-corrected chi connectivity index (χ0v) is 18.1. The average molecular weight is 443 g/mol. The Labute approximate surface area is 188 Å². The zero-order valence-electron chi connectivity index (χ0n) is 17.3. The maximum absolute atomic E-state index is 12.7. The highest BCUT2D eigenvalue weighted by atomic mass is 32.1. The minimum absolute atomic E-state index is 0.0165. The number of aryl methyl sites for hydroxylation is 1. The highest BCUT2D eigenvalue weighted by Crippen LogP contribution is 2.30. The van der Waals surface area contributed by atoms with Crippen LogP contribution in [-0.4, -0.2) is 27.0 Å². The fraction of sp³-hybridized carbons (Fsp3) is 0.160. The van der Waals surface area contributed by atoms with Gasteiger partial charge in [0.25, 0.3) is 5.56 Å².